The molecule has 3 nitrogen and oxygen atoms in total. The van der Waals surface area contributed by atoms with Gasteiger partial charge in [0.25, 0.3) is 0 Å². The maximum absolute atomic E-state index is 13.0. The SMILES string of the molecule is CN(C)CC1CC(OCc2ccc(F)cc2)CCC1(O)c1ccc(Cl)cc1. The number of rotatable bonds is 6. The van der Waals surface area contributed by atoms with Crippen molar-refractivity contribution in [1.82, 2.24) is 4.90 Å². The van der Waals surface area contributed by atoms with E-state index in [0.29, 0.717) is 18.1 Å². The molecule has 0 aliphatic heterocycles. The minimum absolute atomic E-state index is 0.0562. The van der Waals surface area contributed by atoms with Crippen molar-refractivity contribution in [2.24, 2.45) is 5.92 Å². The zero-order valence-corrected chi connectivity index (χ0v) is 16.6. The lowest BCUT2D eigenvalue weighted by atomic mass is 9.70. The first kappa shape index (κ1) is 20.3. The van der Waals surface area contributed by atoms with Gasteiger partial charge in [-0.15, -0.1) is 0 Å². The molecular weight excluding hydrogens is 365 g/mol. The van der Waals surface area contributed by atoms with Crippen molar-refractivity contribution in [2.45, 2.75) is 37.6 Å². The predicted octanol–water partition coefficient (Wildman–Crippen LogP) is 4.61. The van der Waals surface area contributed by atoms with Gasteiger partial charge in [0.15, 0.2) is 0 Å². The summed E-state index contributed by atoms with van der Waals surface area (Å²) < 4.78 is 19.1. The largest absolute Gasteiger partial charge is 0.385 e. The Morgan fingerprint density at radius 3 is 2.44 bits per heavy atom. The van der Waals surface area contributed by atoms with Crippen LogP contribution in [0.25, 0.3) is 0 Å². The first-order valence-corrected chi connectivity index (χ1v) is 9.74. The van der Waals surface area contributed by atoms with E-state index in [0.717, 1.165) is 30.5 Å². The third kappa shape index (κ3) is 5.08. The smallest absolute Gasteiger partial charge is 0.123 e. The summed E-state index contributed by atoms with van der Waals surface area (Å²) >= 11 is 6.02. The first-order chi connectivity index (χ1) is 12.9. The van der Waals surface area contributed by atoms with Crippen LogP contribution >= 0.6 is 11.6 Å². The highest BCUT2D eigenvalue weighted by molar-refractivity contribution is 6.30. The Bertz CT molecular complexity index is 735. The number of nitrogens with zero attached hydrogens (tertiary/aromatic N) is 1. The normalized spacial score (nSPS) is 25.7. The van der Waals surface area contributed by atoms with Gasteiger partial charge in [-0.05, 0) is 68.8 Å². The Hall–Kier alpha value is -1.46. The first-order valence-electron chi connectivity index (χ1n) is 9.36. The number of aliphatic hydroxyl groups is 1. The summed E-state index contributed by atoms with van der Waals surface area (Å²) in [6, 6.07) is 13.9. The molecule has 1 saturated carbocycles. The van der Waals surface area contributed by atoms with E-state index in [-0.39, 0.29) is 17.8 Å². The summed E-state index contributed by atoms with van der Waals surface area (Å²) in [4.78, 5) is 2.11. The second kappa shape index (κ2) is 8.70. The van der Waals surface area contributed by atoms with Crippen LogP contribution in [0.1, 0.15) is 30.4 Å². The maximum Gasteiger partial charge on any atom is 0.123 e. The summed E-state index contributed by atoms with van der Waals surface area (Å²) in [5.41, 5.74) is 0.986. The lowest BCUT2D eigenvalue weighted by Crippen LogP contribution is -2.46. The average Bonchev–Trinajstić information content (AvgIpc) is 2.64. The third-order valence-corrected chi connectivity index (χ3v) is 5.65. The Balaban J connectivity index is 1.70. The second-order valence-electron chi connectivity index (χ2n) is 7.72. The minimum atomic E-state index is -0.884. The van der Waals surface area contributed by atoms with Gasteiger partial charge in [0, 0.05) is 17.5 Å². The van der Waals surface area contributed by atoms with Crippen molar-refractivity contribution in [3.8, 4) is 0 Å². The summed E-state index contributed by atoms with van der Waals surface area (Å²) in [7, 11) is 4.04. The van der Waals surface area contributed by atoms with Gasteiger partial charge in [0.1, 0.15) is 5.82 Å². The molecule has 1 fully saturated rings. The van der Waals surface area contributed by atoms with E-state index in [1.807, 2.05) is 38.4 Å². The van der Waals surface area contributed by atoms with Crippen LogP contribution in [0.2, 0.25) is 5.02 Å². The fourth-order valence-corrected chi connectivity index (χ4v) is 4.07. The van der Waals surface area contributed by atoms with Crippen molar-refractivity contribution in [2.75, 3.05) is 20.6 Å². The van der Waals surface area contributed by atoms with Gasteiger partial charge in [-0.1, -0.05) is 35.9 Å². The molecule has 2 aromatic rings. The van der Waals surface area contributed by atoms with Gasteiger partial charge in [-0.25, -0.2) is 4.39 Å². The Morgan fingerprint density at radius 2 is 1.81 bits per heavy atom. The molecule has 2 aromatic carbocycles. The molecule has 3 unspecified atom stereocenters. The van der Waals surface area contributed by atoms with Crippen LogP contribution in [0.3, 0.4) is 0 Å². The van der Waals surface area contributed by atoms with Crippen molar-refractivity contribution in [3.05, 3.63) is 70.5 Å². The Morgan fingerprint density at radius 1 is 1.15 bits per heavy atom. The molecule has 5 heteroatoms. The van der Waals surface area contributed by atoms with Crippen LogP contribution in [0.5, 0.6) is 0 Å². The molecule has 0 amide bonds. The lowest BCUT2D eigenvalue weighted by Gasteiger charge is -2.44. The van der Waals surface area contributed by atoms with Crippen molar-refractivity contribution < 1.29 is 14.2 Å². The van der Waals surface area contributed by atoms with E-state index in [2.05, 4.69) is 4.90 Å². The van der Waals surface area contributed by atoms with Crippen molar-refractivity contribution in [3.63, 3.8) is 0 Å². The van der Waals surface area contributed by atoms with Gasteiger partial charge in [0.05, 0.1) is 18.3 Å². The van der Waals surface area contributed by atoms with E-state index in [1.54, 1.807) is 12.1 Å². The molecule has 1 N–H and O–H groups in total. The fraction of sp³-hybridized carbons (Fsp3) is 0.455. The van der Waals surface area contributed by atoms with Crippen LogP contribution in [-0.4, -0.2) is 36.8 Å². The number of halogens is 2. The van der Waals surface area contributed by atoms with E-state index in [4.69, 9.17) is 16.3 Å². The lowest BCUT2D eigenvalue weighted by molar-refractivity contribution is -0.110. The number of hydrogen-bond acceptors (Lipinski definition) is 3. The highest BCUT2D eigenvalue weighted by atomic mass is 35.5. The molecule has 1 aliphatic rings. The number of hydrogen-bond donors (Lipinski definition) is 1. The van der Waals surface area contributed by atoms with E-state index >= 15 is 0 Å². The third-order valence-electron chi connectivity index (χ3n) is 5.40. The molecule has 0 bridgehead atoms. The highest BCUT2D eigenvalue weighted by Crippen LogP contribution is 2.43. The van der Waals surface area contributed by atoms with Gasteiger partial charge in [-0.2, -0.15) is 0 Å². The average molecular weight is 392 g/mol. The minimum Gasteiger partial charge on any atom is -0.385 e. The van der Waals surface area contributed by atoms with Gasteiger partial charge in [-0.3, -0.25) is 0 Å². The van der Waals surface area contributed by atoms with Crippen LogP contribution < -0.4 is 0 Å². The Labute approximate surface area is 165 Å². The zero-order valence-electron chi connectivity index (χ0n) is 15.9. The fourth-order valence-electron chi connectivity index (χ4n) is 3.95. The number of benzene rings is 2. The van der Waals surface area contributed by atoms with Gasteiger partial charge < -0.3 is 14.7 Å². The Kier molecular flexibility index (Phi) is 6.53. The van der Waals surface area contributed by atoms with Crippen molar-refractivity contribution >= 4 is 11.6 Å². The van der Waals surface area contributed by atoms with E-state index in [9.17, 15) is 9.50 Å². The molecule has 0 spiro atoms. The standard InChI is InChI=1S/C22H27ClFNO2/c1-25(2)14-18-13-21(27-15-16-3-9-20(24)10-4-16)11-12-22(18,26)17-5-7-19(23)8-6-17/h3-10,18,21,26H,11-15H2,1-2H3. The molecule has 0 saturated heterocycles. The summed E-state index contributed by atoms with van der Waals surface area (Å²) in [5, 5.41) is 12.2. The maximum atomic E-state index is 13.0. The summed E-state index contributed by atoms with van der Waals surface area (Å²) in [5.74, 6) is -0.184. The monoisotopic (exact) mass is 391 g/mol. The molecule has 0 aromatic heterocycles. The van der Waals surface area contributed by atoms with E-state index < -0.39 is 5.60 Å². The molecule has 27 heavy (non-hydrogen) atoms. The van der Waals surface area contributed by atoms with Crippen LogP contribution in [-0.2, 0) is 16.9 Å². The van der Waals surface area contributed by atoms with Crippen LogP contribution in [0, 0.1) is 11.7 Å². The topological polar surface area (TPSA) is 32.7 Å². The molecular formula is C22H27ClFNO2. The quantitative estimate of drug-likeness (QED) is 0.780. The summed E-state index contributed by atoms with van der Waals surface area (Å²) in [6.07, 6.45) is 2.27. The predicted molar refractivity (Wildman–Crippen MR) is 106 cm³/mol. The second-order valence-corrected chi connectivity index (χ2v) is 8.16. The molecule has 1 aliphatic carbocycles. The summed E-state index contributed by atoms with van der Waals surface area (Å²) in [6.45, 7) is 1.23. The zero-order chi connectivity index (χ0) is 19.4. The van der Waals surface area contributed by atoms with Gasteiger partial charge >= 0.3 is 0 Å². The molecule has 146 valence electrons. The molecule has 0 radical (unpaired) electrons. The van der Waals surface area contributed by atoms with Gasteiger partial charge in [0.2, 0.25) is 0 Å². The van der Waals surface area contributed by atoms with Crippen LogP contribution in [0.15, 0.2) is 48.5 Å². The molecule has 3 rings (SSSR count). The highest BCUT2D eigenvalue weighted by Gasteiger charge is 2.43. The molecule has 0 heterocycles. The van der Waals surface area contributed by atoms with Crippen LogP contribution in [0.4, 0.5) is 4.39 Å². The van der Waals surface area contributed by atoms with Crippen molar-refractivity contribution in [1.29, 1.82) is 0 Å². The van der Waals surface area contributed by atoms with E-state index in [1.165, 1.54) is 12.1 Å². The molecule has 3 atom stereocenters. The number of ether oxygens (including phenoxy) is 1.